The van der Waals surface area contributed by atoms with Gasteiger partial charge in [0.1, 0.15) is 5.52 Å². The summed E-state index contributed by atoms with van der Waals surface area (Å²) >= 11 is 1.52. The first-order chi connectivity index (χ1) is 8.63. The molecule has 5 heteroatoms. The molecule has 1 amide bonds. The van der Waals surface area contributed by atoms with E-state index in [0.29, 0.717) is 5.89 Å². The lowest BCUT2D eigenvalue weighted by molar-refractivity contribution is -0.115. The zero-order valence-electron chi connectivity index (χ0n) is 10.7. The summed E-state index contributed by atoms with van der Waals surface area (Å²) in [5.41, 5.74) is 2.29. The minimum Gasteiger partial charge on any atom is -0.441 e. The molecule has 4 nitrogen and oxygen atoms in total. The van der Waals surface area contributed by atoms with Crippen LogP contribution in [0.25, 0.3) is 11.1 Å². The highest BCUT2D eigenvalue weighted by Gasteiger charge is 2.12. The third-order valence-corrected chi connectivity index (χ3v) is 3.65. The molecule has 1 N–H and O–H groups in total. The van der Waals surface area contributed by atoms with Crippen LogP contribution in [0.5, 0.6) is 0 Å². The SMILES string of the molecule is CCc1nc2cc(NC(=O)[C@@H](C)SC)ccc2o1. The maximum absolute atomic E-state index is 11.8. The topological polar surface area (TPSA) is 55.1 Å². The van der Waals surface area contributed by atoms with Gasteiger partial charge in [-0.15, -0.1) is 0 Å². The fourth-order valence-corrected chi connectivity index (χ4v) is 1.83. The van der Waals surface area contributed by atoms with E-state index < -0.39 is 0 Å². The number of amides is 1. The van der Waals surface area contributed by atoms with Crippen LogP contribution in [0.2, 0.25) is 0 Å². The maximum Gasteiger partial charge on any atom is 0.237 e. The molecule has 1 atom stereocenters. The van der Waals surface area contributed by atoms with E-state index >= 15 is 0 Å². The molecule has 2 aromatic rings. The quantitative estimate of drug-likeness (QED) is 0.922. The molecule has 0 radical (unpaired) electrons. The molecule has 2 rings (SSSR count). The van der Waals surface area contributed by atoms with Gasteiger partial charge < -0.3 is 9.73 Å². The highest BCUT2D eigenvalue weighted by molar-refractivity contribution is 7.99. The van der Waals surface area contributed by atoms with E-state index in [1.807, 2.05) is 38.3 Å². The lowest BCUT2D eigenvalue weighted by Gasteiger charge is -2.09. The van der Waals surface area contributed by atoms with Crippen molar-refractivity contribution in [3.63, 3.8) is 0 Å². The fraction of sp³-hybridized carbons (Fsp3) is 0.385. The number of anilines is 1. The van der Waals surface area contributed by atoms with E-state index in [1.54, 1.807) is 0 Å². The van der Waals surface area contributed by atoms with Crippen LogP contribution in [0, 0.1) is 0 Å². The summed E-state index contributed by atoms with van der Waals surface area (Å²) in [6.07, 6.45) is 2.68. The second-order valence-corrected chi connectivity index (χ2v) is 5.19. The van der Waals surface area contributed by atoms with Crippen LogP contribution >= 0.6 is 11.8 Å². The van der Waals surface area contributed by atoms with Gasteiger partial charge in [0, 0.05) is 12.1 Å². The number of rotatable bonds is 4. The molecule has 1 aromatic heterocycles. The van der Waals surface area contributed by atoms with Crippen LogP contribution in [-0.2, 0) is 11.2 Å². The summed E-state index contributed by atoms with van der Waals surface area (Å²) in [7, 11) is 0. The van der Waals surface area contributed by atoms with Crippen molar-refractivity contribution in [2.75, 3.05) is 11.6 Å². The third kappa shape index (κ3) is 2.67. The molecule has 0 bridgehead atoms. The Kier molecular flexibility index (Phi) is 3.91. The fourth-order valence-electron chi connectivity index (χ4n) is 1.56. The molecule has 0 aliphatic carbocycles. The van der Waals surface area contributed by atoms with E-state index in [-0.39, 0.29) is 11.2 Å². The smallest absolute Gasteiger partial charge is 0.237 e. The zero-order valence-corrected chi connectivity index (χ0v) is 11.5. The van der Waals surface area contributed by atoms with Gasteiger partial charge in [0.25, 0.3) is 0 Å². The number of aryl methyl sites for hydroxylation is 1. The number of thioether (sulfide) groups is 1. The first kappa shape index (κ1) is 13.0. The third-order valence-electron chi connectivity index (χ3n) is 2.72. The minimum absolute atomic E-state index is 0.000981. The van der Waals surface area contributed by atoms with Crippen LogP contribution in [0.1, 0.15) is 19.7 Å². The summed E-state index contributed by atoms with van der Waals surface area (Å²) in [5.74, 6) is 0.715. The summed E-state index contributed by atoms with van der Waals surface area (Å²) in [5, 5.41) is 2.81. The van der Waals surface area contributed by atoms with Crippen LogP contribution in [-0.4, -0.2) is 22.4 Å². The van der Waals surface area contributed by atoms with E-state index in [9.17, 15) is 4.79 Å². The number of hydrogen-bond donors (Lipinski definition) is 1. The average Bonchev–Trinajstić information content (AvgIpc) is 2.79. The second-order valence-electron chi connectivity index (χ2n) is 4.01. The Hall–Kier alpha value is -1.49. The Labute approximate surface area is 110 Å². The molecule has 0 saturated heterocycles. The highest BCUT2D eigenvalue weighted by Crippen LogP contribution is 2.21. The van der Waals surface area contributed by atoms with Crippen LogP contribution in [0.3, 0.4) is 0 Å². The van der Waals surface area contributed by atoms with Crippen molar-refractivity contribution in [3.05, 3.63) is 24.1 Å². The molecule has 96 valence electrons. The number of hydrogen-bond acceptors (Lipinski definition) is 4. The average molecular weight is 264 g/mol. The molecule has 0 spiro atoms. The predicted octanol–water partition coefficient (Wildman–Crippen LogP) is 3.08. The Morgan fingerprint density at radius 3 is 3.00 bits per heavy atom. The first-order valence-corrected chi connectivity index (χ1v) is 7.16. The summed E-state index contributed by atoms with van der Waals surface area (Å²) in [6.45, 7) is 3.87. The number of fused-ring (bicyclic) bond motifs is 1. The predicted molar refractivity (Wildman–Crippen MR) is 75.0 cm³/mol. The number of oxazole rings is 1. The van der Waals surface area contributed by atoms with Crippen molar-refractivity contribution in [1.82, 2.24) is 4.98 Å². The summed E-state index contributed by atoms with van der Waals surface area (Å²) in [4.78, 5) is 16.1. The van der Waals surface area contributed by atoms with Crippen molar-refractivity contribution in [3.8, 4) is 0 Å². The molecule has 0 aliphatic heterocycles. The van der Waals surface area contributed by atoms with Crippen molar-refractivity contribution >= 4 is 34.5 Å². The van der Waals surface area contributed by atoms with Crippen molar-refractivity contribution in [1.29, 1.82) is 0 Å². The van der Waals surface area contributed by atoms with Gasteiger partial charge >= 0.3 is 0 Å². The van der Waals surface area contributed by atoms with Gasteiger partial charge in [-0.2, -0.15) is 11.8 Å². The van der Waals surface area contributed by atoms with Gasteiger partial charge in [0.05, 0.1) is 5.25 Å². The Morgan fingerprint density at radius 2 is 2.33 bits per heavy atom. The van der Waals surface area contributed by atoms with Gasteiger partial charge in [-0.05, 0) is 31.4 Å². The van der Waals surface area contributed by atoms with Gasteiger partial charge in [0.2, 0.25) is 5.91 Å². The number of nitrogens with one attached hydrogen (secondary N) is 1. The number of nitrogens with zero attached hydrogens (tertiary/aromatic N) is 1. The van der Waals surface area contributed by atoms with Crippen LogP contribution < -0.4 is 5.32 Å². The van der Waals surface area contributed by atoms with E-state index in [4.69, 9.17) is 4.42 Å². The van der Waals surface area contributed by atoms with Gasteiger partial charge in [0.15, 0.2) is 11.5 Å². The number of aromatic nitrogens is 1. The lowest BCUT2D eigenvalue weighted by atomic mass is 10.3. The normalized spacial score (nSPS) is 12.6. The standard InChI is InChI=1S/C13H16N2O2S/c1-4-12-15-10-7-9(5-6-11(10)17-12)14-13(16)8(2)18-3/h5-8H,4H2,1-3H3,(H,14,16)/t8-/m1/s1. The number of carbonyl (C=O) groups excluding carboxylic acids is 1. The van der Waals surface area contributed by atoms with E-state index in [1.165, 1.54) is 11.8 Å². The minimum atomic E-state index is -0.0655. The molecule has 0 unspecified atom stereocenters. The number of carbonyl (C=O) groups is 1. The van der Waals surface area contributed by atoms with Crippen molar-refractivity contribution in [2.24, 2.45) is 0 Å². The molecule has 0 saturated carbocycles. The Balaban J connectivity index is 2.21. The molecular formula is C13H16N2O2S. The Morgan fingerprint density at radius 1 is 1.56 bits per heavy atom. The number of benzene rings is 1. The maximum atomic E-state index is 11.8. The van der Waals surface area contributed by atoms with Gasteiger partial charge in [-0.1, -0.05) is 6.92 Å². The van der Waals surface area contributed by atoms with Gasteiger partial charge in [-0.25, -0.2) is 4.98 Å². The van der Waals surface area contributed by atoms with Crippen LogP contribution in [0.15, 0.2) is 22.6 Å². The monoisotopic (exact) mass is 264 g/mol. The molecule has 0 fully saturated rings. The Bertz CT molecular complexity index is 565. The molecule has 1 aromatic carbocycles. The first-order valence-electron chi connectivity index (χ1n) is 5.87. The van der Waals surface area contributed by atoms with E-state index in [0.717, 1.165) is 23.2 Å². The highest BCUT2D eigenvalue weighted by atomic mass is 32.2. The molecule has 0 aliphatic rings. The molecule has 18 heavy (non-hydrogen) atoms. The summed E-state index contributed by atoms with van der Waals surface area (Å²) in [6, 6.07) is 5.50. The molecular weight excluding hydrogens is 248 g/mol. The van der Waals surface area contributed by atoms with Crippen LogP contribution in [0.4, 0.5) is 5.69 Å². The largest absolute Gasteiger partial charge is 0.441 e. The van der Waals surface area contributed by atoms with E-state index in [2.05, 4.69) is 10.3 Å². The van der Waals surface area contributed by atoms with Gasteiger partial charge in [-0.3, -0.25) is 4.79 Å². The van der Waals surface area contributed by atoms with Crippen molar-refractivity contribution < 1.29 is 9.21 Å². The van der Waals surface area contributed by atoms with Crippen molar-refractivity contribution in [2.45, 2.75) is 25.5 Å². The second kappa shape index (κ2) is 5.44. The molecule has 1 heterocycles. The summed E-state index contributed by atoms with van der Waals surface area (Å²) < 4.78 is 5.52. The lowest BCUT2D eigenvalue weighted by Crippen LogP contribution is -2.21. The zero-order chi connectivity index (χ0) is 13.1.